The number of para-hydroxylation sites is 1. The van der Waals surface area contributed by atoms with Gasteiger partial charge in [0, 0.05) is 12.0 Å². The summed E-state index contributed by atoms with van der Waals surface area (Å²) in [4.78, 5) is 16.7. The van der Waals surface area contributed by atoms with Gasteiger partial charge in [0.1, 0.15) is 10.8 Å². The molecule has 3 aromatic rings. The molecule has 0 saturated carbocycles. The number of nitrogens with one attached hydrogen (secondary N) is 1. The Morgan fingerprint density at radius 1 is 1.25 bits per heavy atom. The molecule has 5 heteroatoms. The summed E-state index contributed by atoms with van der Waals surface area (Å²) in [6, 6.07) is 13.8. The Hall–Kier alpha value is -2.40. The lowest BCUT2D eigenvalue weighted by molar-refractivity contribution is -0.116. The van der Waals surface area contributed by atoms with E-state index >= 15 is 0 Å². The van der Waals surface area contributed by atoms with Crippen LogP contribution in [-0.2, 0) is 4.79 Å². The second kappa shape index (κ2) is 7.45. The minimum atomic E-state index is 0.0107. The van der Waals surface area contributed by atoms with Crippen molar-refractivity contribution >= 4 is 33.1 Å². The van der Waals surface area contributed by atoms with Crippen LogP contribution in [0.2, 0.25) is 0 Å². The van der Waals surface area contributed by atoms with Crippen LogP contribution in [0.15, 0.2) is 42.5 Å². The van der Waals surface area contributed by atoms with E-state index in [0.717, 1.165) is 33.6 Å². The molecule has 2 aromatic carbocycles. The predicted molar refractivity (Wildman–Crippen MR) is 99.8 cm³/mol. The van der Waals surface area contributed by atoms with Crippen LogP contribution in [-0.4, -0.2) is 18.0 Å². The van der Waals surface area contributed by atoms with Gasteiger partial charge >= 0.3 is 0 Å². The van der Waals surface area contributed by atoms with Crippen molar-refractivity contribution in [3.05, 3.63) is 42.5 Å². The van der Waals surface area contributed by atoms with E-state index in [1.165, 1.54) is 0 Å². The molecule has 0 unspecified atom stereocenters. The predicted octanol–water partition coefficient (Wildman–Crippen LogP) is 5.10. The number of carbonyl (C=O) groups excluding carboxylic acids is 1. The lowest BCUT2D eigenvalue weighted by Gasteiger charge is -2.11. The number of hydrogen-bond donors (Lipinski definition) is 1. The summed E-state index contributed by atoms with van der Waals surface area (Å²) in [5.41, 5.74) is 2.65. The normalized spacial score (nSPS) is 10.8. The molecule has 0 saturated heterocycles. The minimum absolute atomic E-state index is 0.0107. The Labute approximate surface area is 145 Å². The number of amides is 1. The monoisotopic (exact) mass is 340 g/mol. The topological polar surface area (TPSA) is 51.2 Å². The lowest BCUT2D eigenvalue weighted by Crippen LogP contribution is -2.11. The number of hydrogen-bond acceptors (Lipinski definition) is 4. The third kappa shape index (κ3) is 3.57. The number of thiazole rings is 1. The number of carbonyl (C=O) groups is 1. The van der Waals surface area contributed by atoms with Gasteiger partial charge in [-0.1, -0.05) is 25.5 Å². The first-order valence-corrected chi connectivity index (χ1v) is 8.86. The van der Waals surface area contributed by atoms with Crippen molar-refractivity contribution in [2.24, 2.45) is 0 Å². The van der Waals surface area contributed by atoms with E-state index in [2.05, 4.69) is 23.3 Å². The molecule has 1 amide bonds. The maximum Gasteiger partial charge on any atom is 0.224 e. The average Bonchev–Trinajstić information content (AvgIpc) is 3.04. The van der Waals surface area contributed by atoms with Gasteiger partial charge < -0.3 is 10.1 Å². The SMILES string of the molecule is CCCCC(=O)Nc1cc(-c2nc3ccccc3s2)ccc1OC. The summed E-state index contributed by atoms with van der Waals surface area (Å²) in [7, 11) is 1.61. The number of rotatable bonds is 6. The highest BCUT2D eigenvalue weighted by Gasteiger charge is 2.12. The molecule has 1 N–H and O–H groups in total. The Kier molecular flexibility index (Phi) is 5.11. The van der Waals surface area contributed by atoms with Crippen molar-refractivity contribution in [2.45, 2.75) is 26.2 Å². The van der Waals surface area contributed by atoms with Crippen molar-refractivity contribution in [2.75, 3.05) is 12.4 Å². The molecule has 0 aliphatic heterocycles. The molecule has 0 fully saturated rings. The fourth-order valence-corrected chi connectivity index (χ4v) is 3.45. The molecule has 0 bridgehead atoms. The zero-order valence-corrected chi connectivity index (χ0v) is 14.7. The van der Waals surface area contributed by atoms with Crippen LogP contribution in [0.25, 0.3) is 20.8 Å². The van der Waals surface area contributed by atoms with E-state index in [0.29, 0.717) is 17.9 Å². The fourth-order valence-electron chi connectivity index (χ4n) is 2.48. The number of unbranched alkanes of at least 4 members (excludes halogenated alkanes) is 1. The van der Waals surface area contributed by atoms with Gasteiger partial charge in [-0.25, -0.2) is 4.98 Å². The molecule has 0 aliphatic carbocycles. The zero-order valence-electron chi connectivity index (χ0n) is 13.8. The van der Waals surface area contributed by atoms with Gasteiger partial charge in [-0.3, -0.25) is 4.79 Å². The molecule has 1 heterocycles. The van der Waals surface area contributed by atoms with Crippen molar-refractivity contribution in [1.82, 2.24) is 4.98 Å². The summed E-state index contributed by atoms with van der Waals surface area (Å²) in [5.74, 6) is 0.668. The van der Waals surface area contributed by atoms with Crippen LogP contribution in [0.5, 0.6) is 5.75 Å². The maximum atomic E-state index is 12.0. The molecule has 0 atom stereocenters. The number of benzene rings is 2. The third-order valence-electron chi connectivity index (χ3n) is 3.77. The van der Waals surface area contributed by atoms with Crippen LogP contribution in [0.3, 0.4) is 0 Å². The second-order valence-corrected chi connectivity index (χ2v) is 6.58. The first kappa shape index (κ1) is 16.5. The van der Waals surface area contributed by atoms with Crippen LogP contribution >= 0.6 is 11.3 Å². The molecular formula is C19H20N2O2S. The summed E-state index contributed by atoms with van der Waals surface area (Å²) in [6.45, 7) is 2.07. The van der Waals surface area contributed by atoms with Crippen LogP contribution in [0.4, 0.5) is 5.69 Å². The maximum absolute atomic E-state index is 12.0. The van der Waals surface area contributed by atoms with Gasteiger partial charge in [0.2, 0.25) is 5.91 Å². The fraction of sp³-hybridized carbons (Fsp3) is 0.263. The number of nitrogens with zero attached hydrogens (tertiary/aromatic N) is 1. The molecule has 24 heavy (non-hydrogen) atoms. The van der Waals surface area contributed by atoms with Gasteiger partial charge in [-0.05, 0) is 36.8 Å². The van der Waals surface area contributed by atoms with Crippen molar-refractivity contribution in [3.63, 3.8) is 0 Å². The van der Waals surface area contributed by atoms with Crippen LogP contribution in [0, 0.1) is 0 Å². The zero-order chi connectivity index (χ0) is 16.9. The molecule has 3 rings (SSSR count). The van der Waals surface area contributed by atoms with E-state index in [4.69, 9.17) is 4.74 Å². The number of fused-ring (bicyclic) bond motifs is 1. The second-order valence-electron chi connectivity index (χ2n) is 5.55. The highest BCUT2D eigenvalue weighted by atomic mass is 32.1. The molecule has 0 spiro atoms. The van der Waals surface area contributed by atoms with E-state index in [9.17, 15) is 4.79 Å². The van der Waals surface area contributed by atoms with E-state index < -0.39 is 0 Å². The lowest BCUT2D eigenvalue weighted by atomic mass is 10.1. The smallest absolute Gasteiger partial charge is 0.224 e. The Balaban J connectivity index is 1.91. The quantitative estimate of drug-likeness (QED) is 0.679. The standard InChI is InChI=1S/C19H20N2O2S/c1-3-4-9-18(22)20-15-12-13(10-11-16(15)23-2)19-21-14-7-5-6-8-17(14)24-19/h5-8,10-12H,3-4,9H2,1-2H3,(H,20,22). The third-order valence-corrected chi connectivity index (χ3v) is 4.86. The number of aromatic nitrogens is 1. The first-order valence-electron chi connectivity index (χ1n) is 8.05. The van der Waals surface area contributed by atoms with Crippen LogP contribution in [0.1, 0.15) is 26.2 Å². The highest BCUT2D eigenvalue weighted by molar-refractivity contribution is 7.21. The Bertz CT molecular complexity index is 824. The molecule has 0 aliphatic rings. The summed E-state index contributed by atoms with van der Waals surface area (Å²) in [5, 5.41) is 3.89. The molecular weight excluding hydrogens is 320 g/mol. The summed E-state index contributed by atoms with van der Waals surface area (Å²) < 4.78 is 6.52. The highest BCUT2D eigenvalue weighted by Crippen LogP contribution is 2.34. The summed E-state index contributed by atoms with van der Waals surface area (Å²) >= 11 is 1.64. The van der Waals surface area contributed by atoms with Gasteiger partial charge in [0.15, 0.2) is 0 Å². The largest absolute Gasteiger partial charge is 0.495 e. The first-order chi connectivity index (χ1) is 11.7. The van der Waals surface area contributed by atoms with Crippen molar-refractivity contribution < 1.29 is 9.53 Å². The summed E-state index contributed by atoms with van der Waals surface area (Å²) in [6.07, 6.45) is 2.40. The van der Waals surface area contributed by atoms with E-state index in [-0.39, 0.29) is 5.91 Å². The molecule has 0 radical (unpaired) electrons. The van der Waals surface area contributed by atoms with Crippen molar-refractivity contribution in [1.29, 1.82) is 0 Å². The molecule has 4 nitrogen and oxygen atoms in total. The number of anilines is 1. The molecule has 124 valence electrons. The van der Waals surface area contributed by atoms with Gasteiger partial charge in [0.25, 0.3) is 0 Å². The van der Waals surface area contributed by atoms with E-state index in [1.54, 1.807) is 18.4 Å². The average molecular weight is 340 g/mol. The van der Waals surface area contributed by atoms with E-state index in [1.807, 2.05) is 36.4 Å². The molecule has 1 aromatic heterocycles. The van der Waals surface area contributed by atoms with Crippen molar-refractivity contribution in [3.8, 4) is 16.3 Å². The number of methoxy groups -OCH3 is 1. The van der Waals surface area contributed by atoms with Crippen LogP contribution < -0.4 is 10.1 Å². The van der Waals surface area contributed by atoms with Gasteiger partial charge in [0.05, 0.1) is 23.0 Å². The number of ether oxygens (including phenoxy) is 1. The Morgan fingerprint density at radius 2 is 2.08 bits per heavy atom. The van der Waals surface area contributed by atoms with Gasteiger partial charge in [-0.2, -0.15) is 0 Å². The van der Waals surface area contributed by atoms with Gasteiger partial charge in [-0.15, -0.1) is 11.3 Å². The Morgan fingerprint density at radius 3 is 2.83 bits per heavy atom. The minimum Gasteiger partial charge on any atom is -0.495 e.